The molecule has 0 aliphatic carbocycles. The first-order valence-electron chi connectivity index (χ1n) is 7.84. The lowest BCUT2D eigenvalue weighted by atomic mass is 10.00. The molecule has 1 amide bonds. The predicted molar refractivity (Wildman–Crippen MR) is 93.2 cm³/mol. The number of carbonyl (C=O) groups excluding carboxylic acids is 1. The molecule has 0 spiro atoms. The Morgan fingerprint density at radius 3 is 2.83 bits per heavy atom. The number of hydrogen-bond acceptors (Lipinski definition) is 2. The molecule has 1 atom stereocenters. The van der Waals surface area contributed by atoms with Crippen LogP contribution in [0.2, 0.25) is 0 Å². The minimum atomic E-state index is 0.114. The number of benzene rings is 1. The average Bonchev–Trinajstić information content (AvgIpc) is 3.26. The Morgan fingerprint density at radius 1 is 1.17 bits per heavy atom. The summed E-state index contributed by atoms with van der Waals surface area (Å²) in [6.07, 6.45) is 4.94. The first-order valence-corrected chi connectivity index (χ1v) is 8.72. The molecule has 1 aromatic carbocycles. The van der Waals surface area contributed by atoms with Gasteiger partial charge in [-0.1, -0.05) is 6.07 Å². The van der Waals surface area contributed by atoms with Crippen LogP contribution in [0, 0.1) is 0 Å². The Kier molecular flexibility index (Phi) is 3.54. The molecule has 2 aromatic heterocycles. The van der Waals surface area contributed by atoms with E-state index in [1.54, 1.807) is 11.3 Å². The van der Waals surface area contributed by atoms with E-state index >= 15 is 0 Å². The molecule has 0 bridgehead atoms. The number of hydrogen-bond donors (Lipinski definition) is 0. The van der Waals surface area contributed by atoms with Crippen molar-refractivity contribution in [3.8, 4) is 5.69 Å². The highest BCUT2D eigenvalue weighted by Gasteiger charge is 2.28. The fourth-order valence-corrected chi connectivity index (χ4v) is 4.22. The molecule has 3 aromatic rings. The highest BCUT2D eigenvalue weighted by molar-refractivity contribution is 7.10. The van der Waals surface area contributed by atoms with E-state index in [1.165, 1.54) is 10.4 Å². The van der Waals surface area contributed by atoms with Crippen molar-refractivity contribution in [2.24, 2.45) is 0 Å². The molecule has 3 heterocycles. The van der Waals surface area contributed by atoms with Crippen LogP contribution in [-0.2, 0) is 6.42 Å². The van der Waals surface area contributed by atoms with Crippen LogP contribution < -0.4 is 0 Å². The van der Waals surface area contributed by atoms with Crippen molar-refractivity contribution in [3.63, 3.8) is 0 Å². The lowest BCUT2D eigenvalue weighted by Gasteiger charge is -2.33. The Bertz CT molecular complexity index is 835. The summed E-state index contributed by atoms with van der Waals surface area (Å²) in [5, 5.41) is 2.13. The van der Waals surface area contributed by atoms with Gasteiger partial charge in [-0.25, -0.2) is 0 Å². The number of carbonyl (C=O) groups is 1. The first kappa shape index (κ1) is 14.3. The fraction of sp³-hybridized carbons (Fsp3) is 0.211. The van der Waals surface area contributed by atoms with Crippen LogP contribution in [0.25, 0.3) is 5.69 Å². The van der Waals surface area contributed by atoms with E-state index in [-0.39, 0.29) is 11.9 Å². The summed E-state index contributed by atoms with van der Waals surface area (Å²) in [7, 11) is 0. The summed E-state index contributed by atoms with van der Waals surface area (Å²) >= 11 is 1.80. The smallest absolute Gasteiger partial charge is 0.254 e. The molecule has 0 saturated carbocycles. The van der Waals surface area contributed by atoms with Crippen LogP contribution >= 0.6 is 11.3 Å². The molecular formula is C19H18N2OS. The summed E-state index contributed by atoms with van der Waals surface area (Å²) < 4.78 is 2.02. The van der Waals surface area contributed by atoms with Gasteiger partial charge in [-0.2, -0.15) is 0 Å². The summed E-state index contributed by atoms with van der Waals surface area (Å²) in [5.41, 5.74) is 3.07. The Balaban J connectivity index is 1.64. The number of rotatable bonds is 2. The molecule has 4 heteroatoms. The van der Waals surface area contributed by atoms with Crippen molar-refractivity contribution < 1.29 is 4.79 Å². The van der Waals surface area contributed by atoms with Crippen LogP contribution in [0.15, 0.2) is 60.2 Å². The van der Waals surface area contributed by atoms with Gasteiger partial charge in [-0.15, -0.1) is 11.3 Å². The molecule has 3 nitrogen and oxygen atoms in total. The van der Waals surface area contributed by atoms with Crippen LogP contribution in [-0.4, -0.2) is 21.9 Å². The summed E-state index contributed by atoms with van der Waals surface area (Å²) in [4.78, 5) is 16.4. The second-order valence-corrected chi connectivity index (χ2v) is 6.86. The first-order chi connectivity index (χ1) is 11.2. The van der Waals surface area contributed by atoms with E-state index in [4.69, 9.17) is 0 Å². The van der Waals surface area contributed by atoms with Gasteiger partial charge >= 0.3 is 0 Å². The molecule has 1 aliphatic rings. The van der Waals surface area contributed by atoms with E-state index in [1.807, 2.05) is 58.3 Å². The third kappa shape index (κ3) is 2.49. The predicted octanol–water partition coefficient (Wildman–Crippen LogP) is 4.30. The zero-order chi connectivity index (χ0) is 15.8. The van der Waals surface area contributed by atoms with Crippen molar-refractivity contribution >= 4 is 17.2 Å². The van der Waals surface area contributed by atoms with Crippen LogP contribution in [0.1, 0.15) is 33.8 Å². The lowest BCUT2D eigenvalue weighted by Crippen LogP contribution is -2.38. The Labute approximate surface area is 139 Å². The molecule has 4 rings (SSSR count). The molecule has 23 heavy (non-hydrogen) atoms. The largest absolute Gasteiger partial charge is 0.331 e. The van der Waals surface area contributed by atoms with E-state index < -0.39 is 0 Å². The zero-order valence-electron chi connectivity index (χ0n) is 13.0. The summed E-state index contributed by atoms with van der Waals surface area (Å²) in [6.45, 7) is 2.92. The molecule has 1 unspecified atom stereocenters. The second kappa shape index (κ2) is 5.70. The normalized spacial score (nSPS) is 17.1. The second-order valence-electron chi connectivity index (χ2n) is 5.86. The SMILES string of the molecule is CC1c2ccsc2CCN1C(=O)c1cccc(-n2cccc2)c1. The van der Waals surface area contributed by atoms with Crippen molar-refractivity contribution in [1.82, 2.24) is 9.47 Å². The van der Waals surface area contributed by atoms with E-state index in [2.05, 4.69) is 18.4 Å². The Morgan fingerprint density at radius 2 is 2.00 bits per heavy atom. The fourth-order valence-electron chi connectivity index (χ4n) is 3.26. The number of thiophene rings is 1. The number of amides is 1. The van der Waals surface area contributed by atoms with Gasteiger partial charge in [-0.3, -0.25) is 4.79 Å². The quantitative estimate of drug-likeness (QED) is 0.690. The maximum Gasteiger partial charge on any atom is 0.254 e. The molecule has 1 aliphatic heterocycles. The lowest BCUT2D eigenvalue weighted by molar-refractivity contribution is 0.0679. The van der Waals surface area contributed by atoms with Gasteiger partial charge in [0.1, 0.15) is 0 Å². The van der Waals surface area contributed by atoms with Gasteiger partial charge in [0.25, 0.3) is 5.91 Å². The van der Waals surface area contributed by atoms with Crippen molar-refractivity contribution in [2.75, 3.05) is 6.54 Å². The number of nitrogens with zero attached hydrogens (tertiary/aromatic N) is 2. The van der Waals surface area contributed by atoms with Crippen LogP contribution in [0.5, 0.6) is 0 Å². The summed E-state index contributed by atoms with van der Waals surface area (Å²) in [5.74, 6) is 0.114. The van der Waals surface area contributed by atoms with E-state index in [0.717, 1.165) is 24.2 Å². The zero-order valence-corrected chi connectivity index (χ0v) is 13.8. The number of fused-ring (bicyclic) bond motifs is 1. The maximum absolute atomic E-state index is 13.0. The molecule has 0 radical (unpaired) electrons. The van der Waals surface area contributed by atoms with Crippen molar-refractivity contribution in [3.05, 3.63) is 76.2 Å². The Hall–Kier alpha value is -2.33. The molecule has 116 valence electrons. The van der Waals surface area contributed by atoms with Crippen molar-refractivity contribution in [1.29, 1.82) is 0 Å². The van der Waals surface area contributed by atoms with E-state index in [0.29, 0.717) is 0 Å². The van der Waals surface area contributed by atoms with Gasteiger partial charge in [0.2, 0.25) is 0 Å². The third-order valence-electron chi connectivity index (χ3n) is 4.53. The average molecular weight is 322 g/mol. The standard InChI is InChI=1S/C19H18N2OS/c1-14-17-8-12-23-18(17)7-11-21(14)19(22)15-5-4-6-16(13-15)20-9-2-3-10-20/h2-6,8-10,12-14H,7,11H2,1H3. The van der Waals surface area contributed by atoms with Gasteiger partial charge in [-0.05, 0) is 60.7 Å². The molecular weight excluding hydrogens is 304 g/mol. The maximum atomic E-state index is 13.0. The van der Waals surface area contributed by atoms with Gasteiger partial charge < -0.3 is 9.47 Å². The van der Waals surface area contributed by atoms with Crippen LogP contribution in [0.4, 0.5) is 0 Å². The monoisotopic (exact) mass is 322 g/mol. The third-order valence-corrected chi connectivity index (χ3v) is 5.53. The molecule has 0 N–H and O–H groups in total. The van der Waals surface area contributed by atoms with Gasteiger partial charge in [0.05, 0.1) is 6.04 Å². The van der Waals surface area contributed by atoms with Crippen LogP contribution in [0.3, 0.4) is 0 Å². The van der Waals surface area contributed by atoms with E-state index in [9.17, 15) is 4.79 Å². The molecule has 0 fully saturated rings. The highest BCUT2D eigenvalue weighted by atomic mass is 32.1. The number of aromatic nitrogens is 1. The van der Waals surface area contributed by atoms with Gasteiger partial charge in [0.15, 0.2) is 0 Å². The highest BCUT2D eigenvalue weighted by Crippen LogP contribution is 2.33. The minimum absolute atomic E-state index is 0.114. The molecule has 0 saturated heterocycles. The van der Waals surface area contributed by atoms with Crippen molar-refractivity contribution in [2.45, 2.75) is 19.4 Å². The minimum Gasteiger partial charge on any atom is -0.331 e. The summed E-state index contributed by atoms with van der Waals surface area (Å²) in [6, 6.07) is 14.1. The topological polar surface area (TPSA) is 25.2 Å². The van der Waals surface area contributed by atoms with Gasteiger partial charge in [0, 0.05) is 35.1 Å².